The standard InChI is InChI=1S/C16H23N3/c17-12-16(8-2-1-3-9-16)14-4-6-15(7-5-14)19-11-10-18-13-19/h4-7,13H,1-3,8-12,17H2. The van der Waals surface area contributed by atoms with Crippen molar-refractivity contribution >= 4 is 12.0 Å². The van der Waals surface area contributed by atoms with Gasteiger partial charge in [0.2, 0.25) is 0 Å². The van der Waals surface area contributed by atoms with Gasteiger partial charge in [-0.15, -0.1) is 0 Å². The van der Waals surface area contributed by atoms with Crippen LogP contribution in [-0.4, -0.2) is 26.0 Å². The SMILES string of the molecule is NCC1(c2ccc(N3C=NCC3)cc2)CCCCC1. The lowest BCUT2D eigenvalue weighted by atomic mass is 9.69. The van der Waals surface area contributed by atoms with E-state index in [1.54, 1.807) is 0 Å². The molecule has 0 unspecified atom stereocenters. The number of nitrogens with two attached hydrogens (primary N) is 1. The Morgan fingerprint density at radius 3 is 2.42 bits per heavy atom. The largest absolute Gasteiger partial charge is 0.331 e. The third kappa shape index (κ3) is 2.39. The second kappa shape index (κ2) is 5.33. The van der Waals surface area contributed by atoms with E-state index >= 15 is 0 Å². The molecule has 0 aromatic heterocycles. The molecule has 0 bridgehead atoms. The predicted octanol–water partition coefficient (Wildman–Crippen LogP) is 2.70. The van der Waals surface area contributed by atoms with Crippen molar-refractivity contribution in [2.75, 3.05) is 24.5 Å². The van der Waals surface area contributed by atoms with E-state index in [9.17, 15) is 0 Å². The number of hydrogen-bond acceptors (Lipinski definition) is 3. The number of rotatable bonds is 3. The third-order valence-corrected chi connectivity index (χ3v) is 4.70. The maximum Gasteiger partial charge on any atom is 0.0895 e. The van der Waals surface area contributed by atoms with Gasteiger partial charge in [0.25, 0.3) is 0 Å². The first-order valence-corrected chi connectivity index (χ1v) is 7.41. The summed E-state index contributed by atoms with van der Waals surface area (Å²) >= 11 is 0. The summed E-state index contributed by atoms with van der Waals surface area (Å²) in [6, 6.07) is 9.00. The van der Waals surface area contributed by atoms with E-state index in [-0.39, 0.29) is 5.41 Å². The molecule has 2 N–H and O–H groups in total. The average molecular weight is 257 g/mol. The van der Waals surface area contributed by atoms with Gasteiger partial charge in [0.05, 0.1) is 12.9 Å². The molecule has 1 aliphatic carbocycles. The fraction of sp³-hybridized carbons (Fsp3) is 0.562. The maximum absolute atomic E-state index is 6.10. The van der Waals surface area contributed by atoms with Crippen LogP contribution in [0, 0.1) is 0 Å². The first-order valence-electron chi connectivity index (χ1n) is 7.41. The highest BCUT2D eigenvalue weighted by Crippen LogP contribution is 2.39. The second-order valence-electron chi connectivity index (χ2n) is 5.81. The summed E-state index contributed by atoms with van der Waals surface area (Å²) in [4.78, 5) is 6.47. The molecule has 1 aromatic rings. The molecule has 1 aromatic carbocycles. The Hall–Kier alpha value is -1.35. The van der Waals surface area contributed by atoms with Crippen molar-refractivity contribution < 1.29 is 0 Å². The summed E-state index contributed by atoms with van der Waals surface area (Å²) in [5, 5.41) is 0. The first-order chi connectivity index (χ1) is 9.34. The van der Waals surface area contributed by atoms with Gasteiger partial charge in [0.1, 0.15) is 0 Å². The van der Waals surface area contributed by atoms with Crippen LogP contribution in [0.4, 0.5) is 5.69 Å². The molecule has 1 aliphatic heterocycles. The van der Waals surface area contributed by atoms with Crippen LogP contribution in [0.5, 0.6) is 0 Å². The van der Waals surface area contributed by atoms with Gasteiger partial charge < -0.3 is 10.6 Å². The van der Waals surface area contributed by atoms with Crippen molar-refractivity contribution in [2.24, 2.45) is 10.7 Å². The van der Waals surface area contributed by atoms with Crippen LogP contribution in [0.3, 0.4) is 0 Å². The zero-order valence-corrected chi connectivity index (χ0v) is 11.5. The van der Waals surface area contributed by atoms with Crippen LogP contribution < -0.4 is 10.6 Å². The Balaban J connectivity index is 1.82. The Morgan fingerprint density at radius 1 is 1.11 bits per heavy atom. The van der Waals surface area contributed by atoms with Crippen LogP contribution in [-0.2, 0) is 5.41 Å². The number of hydrogen-bond donors (Lipinski definition) is 1. The highest BCUT2D eigenvalue weighted by molar-refractivity contribution is 5.80. The van der Waals surface area contributed by atoms with Gasteiger partial charge in [-0.05, 0) is 30.5 Å². The van der Waals surface area contributed by atoms with Crippen molar-refractivity contribution in [3.63, 3.8) is 0 Å². The fourth-order valence-corrected chi connectivity index (χ4v) is 3.42. The van der Waals surface area contributed by atoms with E-state index < -0.39 is 0 Å². The topological polar surface area (TPSA) is 41.6 Å². The van der Waals surface area contributed by atoms with Gasteiger partial charge >= 0.3 is 0 Å². The van der Waals surface area contributed by atoms with Crippen molar-refractivity contribution in [3.8, 4) is 0 Å². The van der Waals surface area contributed by atoms with E-state index in [0.717, 1.165) is 19.6 Å². The molecule has 0 saturated heterocycles. The van der Waals surface area contributed by atoms with Gasteiger partial charge in [-0.1, -0.05) is 31.4 Å². The highest BCUT2D eigenvalue weighted by Gasteiger charge is 2.32. The van der Waals surface area contributed by atoms with Crippen LogP contribution >= 0.6 is 0 Å². The number of nitrogens with zero attached hydrogens (tertiary/aromatic N) is 2. The minimum atomic E-state index is 0.232. The summed E-state index contributed by atoms with van der Waals surface area (Å²) in [6.45, 7) is 2.69. The zero-order valence-electron chi connectivity index (χ0n) is 11.5. The molecule has 102 valence electrons. The molecular formula is C16H23N3. The van der Waals surface area contributed by atoms with E-state index in [4.69, 9.17) is 5.73 Å². The van der Waals surface area contributed by atoms with Gasteiger partial charge in [0, 0.05) is 24.2 Å². The highest BCUT2D eigenvalue weighted by atomic mass is 15.2. The quantitative estimate of drug-likeness (QED) is 0.904. The van der Waals surface area contributed by atoms with Gasteiger partial charge in [0.15, 0.2) is 0 Å². The summed E-state index contributed by atoms with van der Waals surface area (Å²) in [5.41, 5.74) is 9.00. The minimum absolute atomic E-state index is 0.232. The molecule has 0 atom stereocenters. The molecule has 1 heterocycles. The number of anilines is 1. The summed E-state index contributed by atoms with van der Waals surface area (Å²) < 4.78 is 0. The van der Waals surface area contributed by atoms with Crippen LogP contribution in [0.1, 0.15) is 37.7 Å². The molecule has 1 fully saturated rings. The van der Waals surface area contributed by atoms with E-state index in [1.807, 2.05) is 6.34 Å². The van der Waals surface area contributed by atoms with Crippen molar-refractivity contribution in [3.05, 3.63) is 29.8 Å². The smallest absolute Gasteiger partial charge is 0.0895 e. The minimum Gasteiger partial charge on any atom is -0.331 e. The maximum atomic E-state index is 6.10. The normalized spacial score (nSPS) is 21.8. The van der Waals surface area contributed by atoms with Gasteiger partial charge in [-0.25, -0.2) is 0 Å². The predicted molar refractivity (Wildman–Crippen MR) is 81.0 cm³/mol. The van der Waals surface area contributed by atoms with Crippen LogP contribution in [0.25, 0.3) is 0 Å². The molecule has 0 spiro atoms. The molecular weight excluding hydrogens is 234 g/mol. The number of benzene rings is 1. The van der Waals surface area contributed by atoms with Crippen LogP contribution in [0.2, 0.25) is 0 Å². The Kier molecular flexibility index (Phi) is 3.56. The fourth-order valence-electron chi connectivity index (χ4n) is 3.42. The molecule has 19 heavy (non-hydrogen) atoms. The molecule has 0 amide bonds. The van der Waals surface area contributed by atoms with E-state index in [2.05, 4.69) is 34.2 Å². The van der Waals surface area contributed by atoms with E-state index in [1.165, 1.54) is 43.4 Å². The van der Waals surface area contributed by atoms with Crippen LogP contribution in [0.15, 0.2) is 29.3 Å². The Bertz CT molecular complexity index is 444. The summed E-state index contributed by atoms with van der Waals surface area (Å²) in [6.07, 6.45) is 8.43. The Morgan fingerprint density at radius 2 is 1.84 bits per heavy atom. The third-order valence-electron chi connectivity index (χ3n) is 4.70. The van der Waals surface area contributed by atoms with E-state index in [0.29, 0.717) is 0 Å². The van der Waals surface area contributed by atoms with Gasteiger partial charge in [-0.2, -0.15) is 0 Å². The second-order valence-corrected chi connectivity index (χ2v) is 5.81. The lowest BCUT2D eigenvalue weighted by Crippen LogP contribution is -2.37. The van der Waals surface area contributed by atoms with Crippen molar-refractivity contribution in [2.45, 2.75) is 37.5 Å². The molecule has 2 aliphatic rings. The molecule has 3 nitrogen and oxygen atoms in total. The molecule has 3 rings (SSSR count). The number of aliphatic imine (C=N–C) groups is 1. The molecule has 3 heteroatoms. The molecule has 1 saturated carbocycles. The Labute approximate surface area is 115 Å². The summed E-state index contributed by atoms with van der Waals surface area (Å²) in [7, 11) is 0. The van der Waals surface area contributed by atoms with Gasteiger partial charge in [-0.3, -0.25) is 4.99 Å². The lowest BCUT2D eigenvalue weighted by Gasteiger charge is -2.37. The zero-order chi connectivity index (χ0) is 13.1. The lowest BCUT2D eigenvalue weighted by molar-refractivity contribution is 0.301. The first kappa shape index (κ1) is 12.7. The average Bonchev–Trinajstić information content (AvgIpc) is 3.02. The molecule has 0 radical (unpaired) electrons. The summed E-state index contributed by atoms with van der Waals surface area (Å²) in [5.74, 6) is 0. The monoisotopic (exact) mass is 257 g/mol. The van der Waals surface area contributed by atoms with Crippen molar-refractivity contribution in [1.82, 2.24) is 0 Å². The van der Waals surface area contributed by atoms with Crippen molar-refractivity contribution in [1.29, 1.82) is 0 Å².